The highest BCUT2D eigenvalue weighted by Gasteiger charge is 2.19. The maximum absolute atomic E-state index is 11.9. The summed E-state index contributed by atoms with van der Waals surface area (Å²) in [7, 11) is 2.99. The number of methoxy groups -OCH3 is 2. The Hall–Kier alpha value is -2.67. The first kappa shape index (κ1) is 15.2. The van der Waals surface area contributed by atoms with Crippen molar-refractivity contribution in [2.24, 2.45) is 0 Å². The van der Waals surface area contributed by atoms with E-state index in [1.54, 1.807) is 7.11 Å². The monoisotopic (exact) mass is 329 g/mol. The summed E-state index contributed by atoms with van der Waals surface area (Å²) in [6.07, 6.45) is 1.47. The van der Waals surface area contributed by atoms with Crippen molar-refractivity contribution in [3.8, 4) is 5.75 Å². The lowest BCUT2D eigenvalue weighted by atomic mass is 10.2. The number of aromatic nitrogens is 2. The van der Waals surface area contributed by atoms with E-state index in [1.165, 1.54) is 24.8 Å². The van der Waals surface area contributed by atoms with Crippen molar-refractivity contribution >= 4 is 39.0 Å². The van der Waals surface area contributed by atoms with Crippen LogP contribution in [0.4, 0.5) is 11.5 Å². The number of ether oxygens (including phenoxy) is 2. The molecular formula is C16H15N3O3S. The van der Waals surface area contributed by atoms with E-state index in [4.69, 9.17) is 9.47 Å². The molecule has 0 aliphatic rings. The SMILES string of the molecule is COC(=O)c1sc2ncnc(Nc3cccc(OC)c3)c2c1C. The molecule has 23 heavy (non-hydrogen) atoms. The number of carbonyl (C=O) groups is 1. The minimum atomic E-state index is -0.363. The highest BCUT2D eigenvalue weighted by Crippen LogP contribution is 2.35. The van der Waals surface area contributed by atoms with E-state index in [1.807, 2.05) is 31.2 Å². The number of benzene rings is 1. The van der Waals surface area contributed by atoms with Crippen LogP contribution in [0.3, 0.4) is 0 Å². The van der Waals surface area contributed by atoms with Crippen molar-refractivity contribution in [3.63, 3.8) is 0 Å². The molecule has 6 nitrogen and oxygen atoms in total. The second-order valence-electron chi connectivity index (χ2n) is 4.81. The molecule has 0 unspecified atom stereocenters. The highest BCUT2D eigenvalue weighted by atomic mass is 32.1. The Labute approximate surface area is 137 Å². The molecule has 3 rings (SSSR count). The second kappa shape index (κ2) is 6.21. The van der Waals surface area contributed by atoms with Gasteiger partial charge in [-0.05, 0) is 24.6 Å². The van der Waals surface area contributed by atoms with Gasteiger partial charge in [0.05, 0.1) is 19.6 Å². The Balaban J connectivity index is 2.07. The van der Waals surface area contributed by atoms with E-state index < -0.39 is 0 Å². The van der Waals surface area contributed by atoms with Crippen LogP contribution in [-0.4, -0.2) is 30.2 Å². The molecule has 118 valence electrons. The zero-order valence-corrected chi connectivity index (χ0v) is 13.7. The number of hydrogen-bond donors (Lipinski definition) is 1. The molecule has 0 bridgehead atoms. The Morgan fingerprint density at radius 1 is 1.26 bits per heavy atom. The summed E-state index contributed by atoms with van der Waals surface area (Å²) >= 11 is 1.30. The number of anilines is 2. The molecule has 0 aliphatic carbocycles. The van der Waals surface area contributed by atoms with Crippen LogP contribution in [0.25, 0.3) is 10.2 Å². The zero-order chi connectivity index (χ0) is 16.4. The van der Waals surface area contributed by atoms with E-state index in [0.29, 0.717) is 10.7 Å². The van der Waals surface area contributed by atoms with Crippen LogP contribution in [0.5, 0.6) is 5.75 Å². The van der Waals surface area contributed by atoms with Gasteiger partial charge in [0.15, 0.2) is 0 Å². The molecule has 0 saturated carbocycles. The molecule has 0 aliphatic heterocycles. The van der Waals surface area contributed by atoms with Gasteiger partial charge in [-0.2, -0.15) is 0 Å². The smallest absolute Gasteiger partial charge is 0.348 e. The van der Waals surface area contributed by atoms with Crippen molar-refractivity contribution < 1.29 is 14.3 Å². The molecular weight excluding hydrogens is 314 g/mol. The fourth-order valence-corrected chi connectivity index (χ4v) is 3.36. The minimum absolute atomic E-state index is 0.363. The fourth-order valence-electron chi connectivity index (χ4n) is 2.29. The van der Waals surface area contributed by atoms with Crippen LogP contribution in [0.1, 0.15) is 15.2 Å². The number of nitrogens with zero attached hydrogens (tertiary/aromatic N) is 2. The van der Waals surface area contributed by atoms with E-state index in [2.05, 4.69) is 15.3 Å². The third-order valence-corrected chi connectivity index (χ3v) is 4.61. The molecule has 1 aromatic carbocycles. The van der Waals surface area contributed by atoms with Crippen LogP contribution in [-0.2, 0) is 4.74 Å². The molecule has 2 heterocycles. The van der Waals surface area contributed by atoms with Gasteiger partial charge in [-0.25, -0.2) is 14.8 Å². The van der Waals surface area contributed by atoms with Gasteiger partial charge >= 0.3 is 5.97 Å². The second-order valence-corrected chi connectivity index (χ2v) is 5.81. The van der Waals surface area contributed by atoms with Crippen molar-refractivity contribution in [1.82, 2.24) is 9.97 Å². The zero-order valence-electron chi connectivity index (χ0n) is 12.9. The average Bonchev–Trinajstić information content (AvgIpc) is 2.92. The van der Waals surface area contributed by atoms with Crippen LogP contribution >= 0.6 is 11.3 Å². The molecule has 3 aromatic rings. The first-order valence-electron chi connectivity index (χ1n) is 6.87. The van der Waals surface area contributed by atoms with Crippen molar-refractivity contribution in [1.29, 1.82) is 0 Å². The quantitative estimate of drug-likeness (QED) is 0.738. The van der Waals surface area contributed by atoms with Gasteiger partial charge in [-0.15, -0.1) is 11.3 Å². The Morgan fingerprint density at radius 2 is 2.09 bits per heavy atom. The maximum Gasteiger partial charge on any atom is 0.348 e. The van der Waals surface area contributed by atoms with E-state index in [-0.39, 0.29) is 5.97 Å². The number of rotatable bonds is 4. The van der Waals surface area contributed by atoms with Crippen molar-refractivity contribution in [2.45, 2.75) is 6.92 Å². The summed E-state index contributed by atoms with van der Waals surface area (Å²) in [5, 5.41) is 4.08. The maximum atomic E-state index is 11.9. The summed E-state index contributed by atoms with van der Waals surface area (Å²) < 4.78 is 10.0. The summed E-state index contributed by atoms with van der Waals surface area (Å²) in [5.74, 6) is 1.03. The lowest BCUT2D eigenvalue weighted by Crippen LogP contribution is -2.00. The Kier molecular flexibility index (Phi) is 4.12. The van der Waals surface area contributed by atoms with Gasteiger partial charge in [-0.3, -0.25) is 0 Å². The normalized spacial score (nSPS) is 10.6. The Morgan fingerprint density at radius 3 is 2.83 bits per heavy atom. The first-order chi connectivity index (χ1) is 11.1. The third-order valence-electron chi connectivity index (χ3n) is 3.43. The minimum Gasteiger partial charge on any atom is -0.497 e. The molecule has 0 amide bonds. The van der Waals surface area contributed by atoms with E-state index >= 15 is 0 Å². The van der Waals surface area contributed by atoms with Gasteiger partial charge in [-0.1, -0.05) is 6.07 Å². The number of nitrogens with one attached hydrogen (secondary N) is 1. The molecule has 1 N–H and O–H groups in total. The molecule has 0 spiro atoms. The summed E-state index contributed by atoms with van der Waals surface area (Å²) in [5.41, 5.74) is 1.65. The fraction of sp³-hybridized carbons (Fsp3) is 0.188. The largest absolute Gasteiger partial charge is 0.497 e. The number of hydrogen-bond acceptors (Lipinski definition) is 7. The average molecular weight is 329 g/mol. The topological polar surface area (TPSA) is 73.3 Å². The standard InChI is InChI=1S/C16H15N3O3S/c1-9-12-14(19-10-5-4-6-11(7-10)21-2)17-8-18-15(12)23-13(9)16(20)22-3/h4-8H,1-3H3,(H,17,18,19). The van der Waals surface area contributed by atoms with Crippen molar-refractivity contribution in [3.05, 3.63) is 41.0 Å². The van der Waals surface area contributed by atoms with Crippen LogP contribution < -0.4 is 10.1 Å². The van der Waals surface area contributed by atoms with E-state index in [9.17, 15) is 4.79 Å². The van der Waals surface area contributed by atoms with Crippen molar-refractivity contribution in [2.75, 3.05) is 19.5 Å². The van der Waals surface area contributed by atoms with Crippen LogP contribution in [0.15, 0.2) is 30.6 Å². The number of fused-ring (bicyclic) bond motifs is 1. The lowest BCUT2D eigenvalue weighted by Gasteiger charge is -2.08. The summed E-state index contributed by atoms with van der Waals surface area (Å²) in [6, 6.07) is 7.54. The van der Waals surface area contributed by atoms with E-state index in [0.717, 1.165) is 27.2 Å². The highest BCUT2D eigenvalue weighted by molar-refractivity contribution is 7.20. The molecule has 0 saturated heterocycles. The predicted molar refractivity (Wildman–Crippen MR) is 89.8 cm³/mol. The van der Waals surface area contributed by atoms with Crippen LogP contribution in [0, 0.1) is 6.92 Å². The summed E-state index contributed by atoms with van der Waals surface area (Å²) in [4.78, 5) is 21.7. The third kappa shape index (κ3) is 2.83. The number of esters is 1. The molecule has 7 heteroatoms. The van der Waals surface area contributed by atoms with Crippen LogP contribution in [0.2, 0.25) is 0 Å². The molecule has 0 fully saturated rings. The van der Waals surface area contributed by atoms with Gasteiger partial charge in [0.2, 0.25) is 0 Å². The molecule has 0 radical (unpaired) electrons. The number of aryl methyl sites for hydroxylation is 1. The molecule has 2 aromatic heterocycles. The Bertz CT molecular complexity index is 876. The summed E-state index contributed by atoms with van der Waals surface area (Å²) in [6.45, 7) is 1.87. The predicted octanol–water partition coefficient (Wildman–Crippen LogP) is 3.54. The molecule has 0 atom stereocenters. The van der Waals surface area contributed by atoms with Gasteiger partial charge in [0.25, 0.3) is 0 Å². The first-order valence-corrected chi connectivity index (χ1v) is 7.69. The van der Waals surface area contributed by atoms with Gasteiger partial charge in [0.1, 0.15) is 27.6 Å². The number of thiophene rings is 1. The number of carbonyl (C=O) groups excluding carboxylic acids is 1. The van der Waals surface area contributed by atoms with Gasteiger partial charge < -0.3 is 14.8 Å². The van der Waals surface area contributed by atoms with Gasteiger partial charge in [0, 0.05) is 11.8 Å². The lowest BCUT2D eigenvalue weighted by molar-refractivity contribution is 0.0605.